The minimum atomic E-state index is -0.419. The zero-order valence-corrected chi connectivity index (χ0v) is 17.9. The number of hydrogen-bond donors (Lipinski definition) is 1. The zero-order chi connectivity index (χ0) is 18.9. The van der Waals surface area contributed by atoms with Crippen LogP contribution in [-0.4, -0.2) is 56.1 Å². The molecule has 2 aromatic rings. The van der Waals surface area contributed by atoms with E-state index >= 15 is 0 Å². The van der Waals surface area contributed by atoms with Crippen LogP contribution in [-0.2, 0) is 16.1 Å². The van der Waals surface area contributed by atoms with Gasteiger partial charge in [0.05, 0.1) is 12.2 Å². The fourth-order valence-corrected chi connectivity index (χ4v) is 3.17. The van der Waals surface area contributed by atoms with E-state index in [-0.39, 0.29) is 34.7 Å². The Kier molecular flexibility index (Phi) is 6.56. The van der Waals surface area contributed by atoms with Gasteiger partial charge in [0.25, 0.3) is 0 Å². The minimum Gasteiger partial charge on any atom is -0.354 e. The number of aromatic nitrogens is 4. The Morgan fingerprint density at radius 1 is 1.26 bits per heavy atom. The van der Waals surface area contributed by atoms with Crippen molar-refractivity contribution in [3.05, 3.63) is 18.1 Å². The van der Waals surface area contributed by atoms with Crippen LogP contribution in [0.25, 0.3) is 11.2 Å². The Hall–Kier alpha value is -2.03. The lowest BCUT2D eigenvalue weighted by atomic mass is 9.96. The highest BCUT2D eigenvalue weighted by atomic mass is 79.9. The molecule has 1 aliphatic rings. The van der Waals surface area contributed by atoms with Crippen molar-refractivity contribution in [2.75, 3.05) is 19.6 Å². The summed E-state index contributed by atoms with van der Waals surface area (Å²) in [6, 6.07) is 0. The van der Waals surface area contributed by atoms with Crippen LogP contribution in [0.15, 0.2) is 12.4 Å². The molecule has 0 radical (unpaired) electrons. The molecule has 0 saturated carbocycles. The molecule has 3 rings (SSSR count). The van der Waals surface area contributed by atoms with E-state index < -0.39 is 5.41 Å². The standard InChI is InChI=1S/C18H26N6O2.BrH/c1-12(25)23-9-5-13(11-23)14-15-16(20-7-6-19-15)24(22-14)10-8-21-17(26)18(2,3)4;/h6-7,13H,5,8-11H2,1-4H3,(H,21,26);1H. The number of nitrogens with zero attached hydrogens (tertiary/aromatic N) is 5. The maximum Gasteiger partial charge on any atom is 0.225 e. The summed E-state index contributed by atoms with van der Waals surface area (Å²) in [4.78, 5) is 34.4. The molecule has 1 saturated heterocycles. The number of carbonyl (C=O) groups is 2. The number of hydrogen-bond acceptors (Lipinski definition) is 5. The van der Waals surface area contributed by atoms with E-state index in [0.29, 0.717) is 25.3 Å². The maximum atomic E-state index is 12.0. The average Bonchev–Trinajstić information content (AvgIpc) is 3.19. The van der Waals surface area contributed by atoms with Gasteiger partial charge in [0.2, 0.25) is 11.8 Å². The molecule has 0 spiro atoms. The molecule has 0 bridgehead atoms. The Morgan fingerprint density at radius 3 is 2.59 bits per heavy atom. The van der Waals surface area contributed by atoms with Gasteiger partial charge in [-0.05, 0) is 6.42 Å². The topological polar surface area (TPSA) is 93.0 Å². The van der Waals surface area contributed by atoms with Crippen molar-refractivity contribution in [3.63, 3.8) is 0 Å². The van der Waals surface area contributed by atoms with Crippen LogP contribution in [0.3, 0.4) is 0 Å². The molecule has 9 heteroatoms. The molecule has 1 N–H and O–H groups in total. The van der Waals surface area contributed by atoms with Gasteiger partial charge in [0, 0.05) is 50.3 Å². The predicted molar refractivity (Wildman–Crippen MR) is 108 cm³/mol. The highest BCUT2D eigenvalue weighted by Crippen LogP contribution is 2.30. The maximum absolute atomic E-state index is 12.0. The number of amides is 2. The van der Waals surface area contributed by atoms with Crippen molar-refractivity contribution in [3.8, 4) is 0 Å². The summed E-state index contributed by atoms with van der Waals surface area (Å²) in [5, 5.41) is 7.66. The molecule has 1 aliphatic heterocycles. The third-order valence-electron chi connectivity index (χ3n) is 4.71. The van der Waals surface area contributed by atoms with Crippen LogP contribution < -0.4 is 5.32 Å². The number of rotatable bonds is 4. The van der Waals surface area contributed by atoms with Crippen LogP contribution >= 0.6 is 17.0 Å². The Labute approximate surface area is 169 Å². The first-order chi connectivity index (χ1) is 12.3. The van der Waals surface area contributed by atoms with E-state index in [2.05, 4.69) is 15.3 Å². The van der Waals surface area contributed by atoms with E-state index in [4.69, 9.17) is 5.10 Å². The van der Waals surface area contributed by atoms with Crippen molar-refractivity contribution < 1.29 is 9.59 Å². The highest BCUT2D eigenvalue weighted by Gasteiger charge is 2.30. The molecule has 1 unspecified atom stereocenters. The van der Waals surface area contributed by atoms with Crippen LogP contribution in [0.2, 0.25) is 0 Å². The lowest BCUT2D eigenvalue weighted by Gasteiger charge is -2.17. The quantitative estimate of drug-likeness (QED) is 0.786. The van der Waals surface area contributed by atoms with Gasteiger partial charge < -0.3 is 10.2 Å². The fourth-order valence-electron chi connectivity index (χ4n) is 3.17. The van der Waals surface area contributed by atoms with Crippen molar-refractivity contribution >= 4 is 40.0 Å². The first kappa shape index (κ1) is 21.3. The second-order valence-corrected chi connectivity index (χ2v) is 7.79. The number of carbonyl (C=O) groups excluding carboxylic acids is 2. The molecular weight excluding hydrogens is 412 g/mol. The summed E-state index contributed by atoms with van der Waals surface area (Å²) >= 11 is 0. The van der Waals surface area contributed by atoms with Gasteiger partial charge >= 0.3 is 0 Å². The van der Waals surface area contributed by atoms with Gasteiger partial charge in [-0.3, -0.25) is 9.59 Å². The monoisotopic (exact) mass is 438 g/mol. The smallest absolute Gasteiger partial charge is 0.225 e. The summed E-state index contributed by atoms with van der Waals surface area (Å²) in [5.74, 6) is 0.267. The number of fused-ring (bicyclic) bond motifs is 1. The van der Waals surface area contributed by atoms with Crippen LogP contribution in [0.1, 0.15) is 45.7 Å². The zero-order valence-electron chi connectivity index (χ0n) is 16.2. The van der Waals surface area contributed by atoms with Gasteiger partial charge in [0.1, 0.15) is 5.52 Å². The second kappa shape index (κ2) is 8.33. The van der Waals surface area contributed by atoms with Gasteiger partial charge in [-0.25, -0.2) is 14.6 Å². The largest absolute Gasteiger partial charge is 0.354 e. The molecule has 3 heterocycles. The van der Waals surface area contributed by atoms with Gasteiger partial charge in [0.15, 0.2) is 5.65 Å². The molecule has 0 aromatic carbocycles. The van der Waals surface area contributed by atoms with E-state index in [9.17, 15) is 9.59 Å². The molecule has 27 heavy (non-hydrogen) atoms. The lowest BCUT2D eigenvalue weighted by Crippen LogP contribution is -2.36. The van der Waals surface area contributed by atoms with Gasteiger partial charge in [-0.2, -0.15) is 5.10 Å². The Balaban J connectivity index is 0.00000261. The summed E-state index contributed by atoms with van der Waals surface area (Å²) in [5.41, 5.74) is 1.97. The highest BCUT2D eigenvalue weighted by molar-refractivity contribution is 8.93. The van der Waals surface area contributed by atoms with Crippen LogP contribution in [0.5, 0.6) is 0 Å². The normalized spacial score (nSPS) is 17.0. The van der Waals surface area contributed by atoms with E-state index in [0.717, 1.165) is 24.2 Å². The van der Waals surface area contributed by atoms with Gasteiger partial charge in [-0.1, -0.05) is 20.8 Å². The molecule has 148 valence electrons. The third kappa shape index (κ3) is 4.63. The van der Waals surface area contributed by atoms with Crippen LogP contribution in [0.4, 0.5) is 0 Å². The number of halogens is 1. The third-order valence-corrected chi connectivity index (χ3v) is 4.71. The minimum absolute atomic E-state index is 0. The van der Waals surface area contributed by atoms with E-state index in [1.54, 1.807) is 24.0 Å². The fraction of sp³-hybridized carbons (Fsp3) is 0.611. The average molecular weight is 439 g/mol. The predicted octanol–water partition coefficient (Wildman–Crippen LogP) is 1.90. The molecular formula is C18H27BrN6O2. The first-order valence-electron chi connectivity index (χ1n) is 8.98. The number of nitrogens with one attached hydrogen (secondary N) is 1. The van der Waals surface area contributed by atoms with E-state index in [1.165, 1.54) is 0 Å². The summed E-state index contributed by atoms with van der Waals surface area (Å²) in [6.45, 7) is 9.67. The summed E-state index contributed by atoms with van der Waals surface area (Å²) in [6.07, 6.45) is 4.19. The van der Waals surface area contributed by atoms with E-state index in [1.807, 2.05) is 25.7 Å². The SMILES string of the molecule is Br.CC(=O)N1CCC(c2nn(CCNC(=O)C(C)(C)C)c3nccnc23)C1. The Morgan fingerprint density at radius 2 is 1.96 bits per heavy atom. The van der Waals surface area contributed by atoms with Crippen molar-refractivity contribution in [2.45, 2.75) is 46.6 Å². The van der Waals surface area contributed by atoms with Crippen molar-refractivity contribution in [2.24, 2.45) is 5.41 Å². The van der Waals surface area contributed by atoms with Crippen molar-refractivity contribution in [1.29, 1.82) is 0 Å². The summed E-state index contributed by atoms with van der Waals surface area (Å²) in [7, 11) is 0. The van der Waals surface area contributed by atoms with Crippen LogP contribution in [0, 0.1) is 5.41 Å². The Bertz CT molecular complexity index is 829. The molecule has 2 amide bonds. The number of likely N-dealkylation sites (tertiary alicyclic amines) is 1. The summed E-state index contributed by atoms with van der Waals surface area (Å²) < 4.78 is 1.80. The first-order valence-corrected chi connectivity index (χ1v) is 8.98. The molecule has 8 nitrogen and oxygen atoms in total. The van der Waals surface area contributed by atoms with Crippen molar-refractivity contribution in [1.82, 2.24) is 30.0 Å². The molecule has 0 aliphatic carbocycles. The second-order valence-electron chi connectivity index (χ2n) is 7.79. The molecule has 2 aromatic heterocycles. The van der Waals surface area contributed by atoms with Gasteiger partial charge in [-0.15, -0.1) is 17.0 Å². The lowest BCUT2D eigenvalue weighted by molar-refractivity contribution is -0.128. The molecule has 1 fully saturated rings. The molecule has 1 atom stereocenters.